The van der Waals surface area contributed by atoms with Gasteiger partial charge in [0.05, 0.1) is 5.69 Å². The van der Waals surface area contributed by atoms with Gasteiger partial charge in [0.25, 0.3) is 10.0 Å². The average molecular weight is 394 g/mol. The number of nitrogen functional groups attached to an aromatic ring is 1. The van der Waals surface area contributed by atoms with Crippen LogP contribution < -0.4 is 10.5 Å². The van der Waals surface area contributed by atoms with Crippen LogP contribution in [0.15, 0.2) is 33.8 Å². The number of aromatic nitrogens is 2. The van der Waals surface area contributed by atoms with E-state index in [4.69, 9.17) is 17.3 Å². The second-order valence-corrected chi connectivity index (χ2v) is 7.31. The van der Waals surface area contributed by atoms with Crippen LogP contribution in [0.3, 0.4) is 0 Å². The molecule has 2 aromatic rings. The molecule has 0 saturated heterocycles. The highest BCUT2D eigenvalue weighted by molar-refractivity contribution is 9.10. The van der Waals surface area contributed by atoms with Crippen molar-refractivity contribution in [1.29, 1.82) is 0 Å². The van der Waals surface area contributed by atoms with E-state index in [1.165, 1.54) is 16.9 Å². The molecule has 1 aromatic carbocycles. The van der Waals surface area contributed by atoms with E-state index in [0.29, 0.717) is 21.7 Å². The van der Waals surface area contributed by atoms with E-state index >= 15 is 0 Å². The lowest BCUT2D eigenvalue weighted by Gasteiger charge is -2.09. The lowest BCUT2D eigenvalue weighted by Crippen LogP contribution is -2.14. The molecule has 0 amide bonds. The van der Waals surface area contributed by atoms with Gasteiger partial charge in [-0.3, -0.25) is 9.40 Å². The van der Waals surface area contributed by atoms with Crippen LogP contribution in [0.4, 0.5) is 11.5 Å². The first-order valence-electron chi connectivity index (χ1n) is 6.14. The fraction of sp³-hybridized carbons (Fsp3) is 0.250. The molecule has 0 saturated carbocycles. The lowest BCUT2D eigenvalue weighted by atomic mass is 10.3. The Morgan fingerprint density at radius 2 is 2.19 bits per heavy atom. The van der Waals surface area contributed by atoms with Crippen LogP contribution in [-0.4, -0.2) is 18.2 Å². The summed E-state index contributed by atoms with van der Waals surface area (Å²) in [5, 5.41) is 4.41. The van der Waals surface area contributed by atoms with Gasteiger partial charge in [0, 0.05) is 22.2 Å². The Labute approximate surface area is 136 Å². The highest BCUT2D eigenvalue weighted by Crippen LogP contribution is 2.29. The number of nitrogens with one attached hydrogen (secondary N) is 1. The fourth-order valence-corrected chi connectivity index (χ4v) is 3.54. The van der Waals surface area contributed by atoms with Crippen LogP contribution in [0.5, 0.6) is 0 Å². The summed E-state index contributed by atoms with van der Waals surface area (Å²) in [5.74, 6) is -0.0332. The van der Waals surface area contributed by atoms with Crippen LogP contribution in [0.1, 0.15) is 13.3 Å². The molecule has 3 N–H and O–H groups in total. The molecule has 114 valence electrons. The highest BCUT2D eigenvalue weighted by Gasteiger charge is 2.22. The summed E-state index contributed by atoms with van der Waals surface area (Å²) in [6.45, 7) is 2.56. The predicted molar refractivity (Wildman–Crippen MR) is 86.9 cm³/mol. The molecular weight excluding hydrogens is 380 g/mol. The van der Waals surface area contributed by atoms with Crippen LogP contribution in [0.25, 0.3) is 0 Å². The van der Waals surface area contributed by atoms with Gasteiger partial charge in [0.1, 0.15) is 4.90 Å². The lowest BCUT2D eigenvalue weighted by molar-refractivity contribution is 0.595. The summed E-state index contributed by atoms with van der Waals surface area (Å²) < 4.78 is 29.3. The molecule has 0 fully saturated rings. The van der Waals surface area contributed by atoms with Gasteiger partial charge >= 0.3 is 0 Å². The summed E-state index contributed by atoms with van der Waals surface area (Å²) >= 11 is 9.14. The van der Waals surface area contributed by atoms with Gasteiger partial charge in [-0.2, -0.15) is 5.10 Å². The predicted octanol–water partition coefficient (Wildman–Crippen LogP) is 3.09. The standard InChI is InChI=1S/C12H14BrClN4O2S/c1-2-5-18-7-11(12(15)16-18)21(19,20)17-10-6-8(14)3-4-9(10)13/h3-4,6-7,17H,2,5H2,1H3,(H2,15,16). The van der Waals surface area contributed by atoms with E-state index in [1.54, 1.807) is 12.1 Å². The largest absolute Gasteiger partial charge is 0.381 e. The number of nitrogens with two attached hydrogens (primary N) is 1. The number of sulfonamides is 1. The van der Waals surface area contributed by atoms with E-state index in [9.17, 15) is 8.42 Å². The summed E-state index contributed by atoms with van der Waals surface area (Å²) in [5.41, 5.74) is 6.03. The van der Waals surface area contributed by atoms with Gasteiger partial charge in [-0.05, 0) is 40.5 Å². The molecule has 0 aliphatic rings. The van der Waals surface area contributed by atoms with Crippen molar-refractivity contribution >= 4 is 49.1 Å². The molecule has 0 aliphatic heterocycles. The van der Waals surface area contributed by atoms with Gasteiger partial charge in [-0.1, -0.05) is 18.5 Å². The minimum absolute atomic E-state index is 0.0332. The summed E-state index contributed by atoms with van der Waals surface area (Å²) in [6, 6.07) is 4.82. The van der Waals surface area contributed by atoms with Crippen molar-refractivity contribution in [3.63, 3.8) is 0 Å². The molecule has 6 nitrogen and oxygen atoms in total. The Morgan fingerprint density at radius 1 is 1.48 bits per heavy atom. The fourth-order valence-electron chi connectivity index (χ4n) is 1.74. The van der Waals surface area contributed by atoms with Crippen molar-refractivity contribution < 1.29 is 8.42 Å². The van der Waals surface area contributed by atoms with Gasteiger partial charge in [0.2, 0.25) is 0 Å². The van der Waals surface area contributed by atoms with Crippen molar-refractivity contribution in [2.45, 2.75) is 24.8 Å². The third-order valence-corrected chi connectivity index (χ3v) is 4.98. The molecule has 2 rings (SSSR count). The first kappa shape index (κ1) is 16.1. The quantitative estimate of drug-likeness (QED) is 0.816. The average Bonchev–Trinajstić information content (AvgIpc) is 2.76. The second kappa shape index (κ2) is 6.25. The summed E-state index contributed by atoms with van der Waals surface area (Å²) in [4.78, 5) is -0.0529. The van der Waals surface area contributed by atoms with Crippen molar-refractivity contribution in [3.05, 3.63) is 33.9 Å². The minimum Gasteiger partial charge on any atom is -0.381 e. The molecule has 0 aliphatic carbocycles. The van der Waals surface area contributed by atoms with Gasteiger partial charge < -0.3 is 5.73 Å². The third-order valence-electron chi connectivity index (χ3n) is 2.67. The SMILES string of the molecule is CCCn1cc(S(=O)(=O)Nc2cc(Cl)ccc2Br)c(N)n1. The summed E-state index contributed by atoms with van der Waals surface area (Å²) in [7, 11) is -3.83. The molecule has 1 aromatic heterocycles. The van der Waals surface area contributed by atoms with Crippen molar-refractivity contribution in [2.75, 3.05) is 10.5 Å². The number of aryl methyl sites for hydroxylation is 1. The molecule has 0 radical (unpaired) electrons. The Kier molecular flexibility index (Phi) is 4.80. The van der Waals surface area contributed by atoms with Gasteiger partial charge in [-0.25, -0.2) is 8.42 Å². The Morgan fingerprint density at radius 3 is 2.86 bits per heavy atom. The number of nitrogens with zero attached hydrogens (tertiary/aromatic N) is 2. The Balaban J connectivity index is 2.36. The van der Waals surface area contributed by atoms with Crippen LogP contribution >= 0.6 is 27.5 Å². The number of hydrogen-bond donors (Lipinski definition) is 2. The van der Waals surface area contributed by atoms with Crippen LogP contribution in [0, 0.1) is 0 Å². The van der Waals surface area contributed by atoms with Crippen molar-refractivity contribution in [3.8, 4) is 0 Å². The maximum Gasteiger partial charge on any atom is 0.267 e. The number of anilines is 2. The first-order chi connectivity index (χ1) is 9.83. The minimum atomic E-state index is -3.83. The van der Waals surface area contributed by atoms with Crippen LogP contribution in [0.2, 0.25) is 5.02 Å². The highest BCUT2D eigenvalue weighted by atomic mass is 79.9. The second-order valence-electron chi connectivity index (χ2n) is 4.37. The summed E-state index contributed by atoms with van der Waals surface area (Å²) in [6.07, 6.45) is 2.24. The maximum absolute atomic E-state index is 12.4. The molecule has 21 heavy (non-hydrogen) atoms. The molecule has 0 unspecified atom stereocenters. The molecule has 9 heteroatoms. The zero-order valence-corrected chi connectivity index (χ0v) is 14.3. The van der Waals surface area contributed by atoms with Crippen molar-refractivity contribution in [1.82, 2.24) is 9.78 Å². The number of halogens is 2. The van der Waals surface area contributed by atoms with E-state index in [2.05, 4.69) is 25.8 Å². The van der Waals surface area contributed by atoms with Crippen LogP contribution in [-0.2, 0) is 16.6 Å². The first-order valence-corrected chi connectivity index (χ1v) is 8.79. The normalized spacial score (nSPS) is 11.6. The van der Waals surface area contributed by atoms with Gasteiger partial charge in [-0.15, -0.1) is 0 Å². The zero-order chi connectivity index (χ0) is 15.6. The van der Waals surface area contributed by atoms with E-state index in [1.807, 2.05) is 6.92 Å². The Hall–Kier alpha value is -1.25. The maximum atomic E-state index is 12.4. The van der Waals surface area contributed by atoms with Crippen molar-refractivity contribution in [2.24, 2.45) is 0 Å². The molecular formula is C12H14BrClN4O2S. The smallest absolute Gasteiger partial charge is 0.267 e. The number of rotatable bonds is 5. The number of benzene rings is 1. The Bertz CT molecular complexity index is 761. The molecule has 0 spiro atoms. The van der Waals surface area contributed by atoms with E-state index < -0.39 is 10.0 Å². The van der Waals surface area contributed by atoms with E-state index in [0.717, 1.165) is 6.42 Å². The number of hydrogen-bond acceptors (Lipinski definition) is 4. The topological polar surface area (TPSA) is 90.0 Å². The zero-order valence-electron chi connectivity index (χ0n) is 11.2. The monoisotopic (exact) mass is 392 g/mol. The third kappa shape index (κ3) is 3.69. The van der Waals surface area contributed by atoms with Gasteiger partial charge in [0.15, 0.2) is 5.82 Å². The molecule has 0 atom stereocenters. The molecule has 0 bridgehead atoms. The molecule has 1 heterocycles. The van der Waals surface area contributed by atoms with E-state index in [-0.39, 0.29) is 10.7 Å².